The molecule has 0 aromatic carbocycles. The summed E-state index contributed by atoms with van der Waals surface area (Å²) >= 11 is 0. The molecule has 0 bridgehead atoms. The molecule has 0 amide bonds. The summed E-state index contributed by atoms with van der Waals surface area (Å²) in [5.41, 5.74) is 5.95. The predicted octanol–water partition coefficient (Wildman–Crippen LogP) is 1.82. The van der Waals surface area contributed by atoms with Crippen LogP contribution in [0.4, 0.5) is 0 Å². The van der Waals surface area contributed by atoms with Crippen LogP contribution in [0.1, 0.15) is 44.9 Å². The first kappa shape index (κ1) is 9.65. The lowest BCUT2D eigenvalue weighted by Crippen LogP contribution is -2.37. The normalized spacial score (nSPS) is 34.0. The van der Waals surface area contributed by atoms with Gasteiger partial charge in [-0.05, 0) is 25.2 Å². The Kier molecular flexibility index (Phi) is 2.54. The second-order valence-corrected chi connectivity index (χ2v) is 4.45. The van der Waals surface area contributed by atoms with Gasteiger partial charge in [-0.15, -0.1) is 0 Å². The van der Waals surface area contributed by atoms with Crippen LogP contribution in [0.25, 0.3) is 0 Å². The molecule has 0 radical (unpaired) electrons. The van der Waals surface area contributed by atoms with Gasteiger partial charge in [-0.3, -0.25) is 0 Å². The van der Waals surface area contributed by atoms with Crippen molar-refractivity contribution in [3.63, 3.8) is 0 Å². The van der Waals surface area contributed by atoms with Crippen molar-refractivity contribution in [2.75, 3.05) is 0 Å². The highest BCUT2D eigenvalue weighted by atomic mass is 16.5. The monoisotopic (exact) mass is 195 g/mol. The van der Waals surface area contributed by atoms with Crippen LogP contribution in [0, 0.1) is 5.92 Å². The maximum absolute atomic E-state index is 6.30. The molecule has 2 unspecified atom stereocenters. The van der Waals surface area contributed by atoms with E-state index >= 15 is 0 Å². The molecule has 1 fully saturated rings. The van der Waals surface area contributed by atoms with E-state index in [-0.39, 0.29) is 5.54 Å². The Morgan fingerprint density at radius 1 is 1.50 bits per heavy atom. The van der Waals surface area contributed by atoms with E-state index in [1.165, 1.54) is 12.8 Å². The smallest absolute Gasteiger partial charge is 0.213 e. The summed E-state index contributed by atoms with van der Waals surface area (Å²) in [6.07, 6.45) is 6.87. The van der Waals surface area contributed by atoms with Crippen molar-refractivity contribution in [2.45, 2.75) is 44.6 Å². The van der Waals surface area contributed by atoms with Gasteiger partial charge in [0.15, 0.2) is 5.82 Å². The van der Waals surface area contributed by atoms with E-state index in [4.69, 9.17) is 10.3 Å². The molecule has 1 heterocycles. The van der Waals surface area contributed by atoms with Gasteiger partial charge in [-0.25, -0.2) is 0 Å². The van der Waals surface area contributed by atoms with E-state index in [1.54, 1.807) is 0 Å². The fourth-order valence-electron chi connectivity index (χ4n) is 2.15. The van der Waals surface area contributed by atoms with E-state index < -0.39 is 0 Å². The Morgan fingerprint density at radius 3 is 3.07 bits per heavy atom. The van der Waals surface area contributed by atoms with Crippen LogP contribution in [-0.2, 0) is 5.54 Å². The van der Waals surface area contributed by atoms with Gasteiger partial charge >= 0.3 is 0 Å². The van der Waals surface area contributed by atoms with Crippen molar-refractivity contribution in [3.05, 3.63) is 12.2 Å². The zero-order valence-corrected chi connectivity index (χ0v) is 8.57. The van der Waals surface area contributed by atoms with Gasteiger partial charge in [0.2, 0.25) is 6.39 Å². The topological polar surface area (TPSA) is 64.9 Å². The lowest BCUT2D eigenvalue weighted by molar-refractivity contribution is 0.329. The fourth-order valence-corrected chi connectivity index (χ4v) is 2.15. The lowest BCUT2D eigenvalue weighted by Gasteiger charge is -2.23. The molecule has 4 heteroatoms. The van der Waals surface area contributed by atoms with E-state index in [1.807, 2.05) is 0 Å². The summed E-state index contributed by atoms with van der Waals surface area (Å²) in [4.78, 5) is 4.08. The fraction of sp³-hybridized carbons (Fsp3) is 0.800. The minimum atomic E-state index is -0.349. The third-order valence-electron chi connectivity index (χ3n) is 3.21. The summed E-state index contributed by atoms with van der Waals surface area (Å²) in [5.74, 6) is 1.44. The third-order valence-corrected chi connectivity index (χ3v) is 3.21. The van der Waals surface area contributed by atoms with Crippen LogP contribution < -0.4 is 5.73 Å². The van der Waals surface area contributed by atoms with Gasteiger partial charge in [0.05, 0.1) is 5.54 Å². The first-order chi connectivity index (χ1) is 6.71. The quantitative estimate of drug-likeness (QED) is 0.694. The van der Waals surface area contributed by atoms with Crippen molar-refractivity contribution in [1.82, 2.24) is 10.1 Å². The molecule has 4 nitrogen and oxygen atoms in total. The number of aromatic nitrogens is 2. The molecular weight excluding hydrogens is 178 g/mol. The van der Waals surface area contributed by atoms with Gasteiger partial charge in [-0.1, -0.05) is 24.9 Å². The summed E-state index contributed by atoms with van der Waals surface area (Å²) in [6, 6.07) is 0. The summed E-state index contributed by atoms with van der Waals surface area (Å²) < 4.78 is 4.76. The lowest BCUT2D eigenvalue weighted by atomic mass is 9.90. The number of rotatable bonds is 1. The standard InChI is InChI=1S/C10H17N3O/c1-8-3-2-5-10(11,6-4-8)9-12-7-14-13-9/h7-8H,2-6,11H2,1H3. The van der Waals surface area contributed by atoms with Crippen molar-refractivity contribution < 1.29 is 4.52 Å². The molecule has 0 aliphatic heterocycles. The molecule has 0 spiro atoms. The summed E-state index contributed by atoms with van der Waals surface area (Å²) in [7, 11) is 0. The highest BCUT2D eigenvalue weighted by Gasteiger charge is 2.33. The van der Waals surface area contributed by atoms with Crippen LogP contribution in [0.3, 0.4) is 0 Å². The zero-order chi connectivity index (χ0) is 10.0. The first-order valence-electron chi connectivity index (χ1n) is 5.26. The van der Waals surface area contributed by atoms with Crippen molar-refractivity contribution in [3.8, 4) is 0 Å². The molecule has 2 rings (SSSR count). The Morgan fingerprint density at radius 2 is 2.36 bits per heavy atom. The number of hydrogen-bond donors (Lipinski definition) is 1. The average Bonchev–Trinajstić information content (AvgIpc) is 2.63. The molecule has 1 aromatic heterocycles. The van der Waals surface area contributed by atoms with Crippen LogP contribution in [0.5, 0.6) is 0 Å². The minimum absolute atomic E-state index is 0.349. The van der Waals surface area contributed by atoms with Crippen molar-refractivity contribution in [1.29, 1.82) is 0 Å². The highest BCUT2D eigenvalue weighted by molar-refractivity contribution is 5.02. The summed E-state index contributed by atoms with van der Waals surface area (Å²) in [6.45, 7) is 2.28. The second-order valence-electron chi connectivity index (χ2n) is 4.45. The SMILES string of the molecule is CC1CCCC(N)(c2ncon2)CC1. The average molecular weight is 195 g/mol. The minimum Gasteiger partial charge on any atom is -0.343 e. The van der Waals surface area contributed by atoms with Crippen LogP contribution >= 0.6 is 0 Å². The van der Waals surface area contributed by atoms with E-state index in [2.05, 4.69) is 17.1 Å². The molecule has 78 valence electrons. The van der Waals surface area contributed by atoms with Crippen molar-refractivity contribution in [2.24, 2.45) is 11.7 Å². The second kappa shape index (κ2) is 3.69. The molecular formula is C10H17N3O. The number of nitrogens with zero attached hydrogens (tertiary/aromatic N) is 2. The first-order valence-corrected chi connectivity index (χ1v) is 5.26. The van der Waals surface area contributed by atoms with E-state index in [0.29, 0.717) is 5.82 Å². The van der Waals surface area contributed by atoms with Crippen molar-refractivity contribution >= 4 is 0 Å². The Labute approximate surface area is 83.9 Å². The van der Waals surface area contributed by atoms with E-state index in [9.17, 15) is 0 Å². The van der Waals surface area contributed by atoms with Gasteiger partial charge in [0, 0.05) is 0 Å². The number of hydrogen-bond acceptors (Lipinski definition) is 4. The largest absolute Gasteiger partial charge is 0.343 e. The van der Waals surface area contributed by atoms with Gasteiger partial charge in [-0.2, -0.15) is 4.98 Å². The molecule has 1 aliphatic rings. The Balaban J connectivity index is 2.15. The molecule has 0 saturated heterocycles. The molecule has 1 saturated carbocycles. The molecule has 14 heavy (non-hydrogen) atoms. The number of nitrogens with two attached hydrogens (primary N) is 1. The third kappa shape index (κ3) is 1.80. The van der Waals surface area contributed by atoms with Crippen LogP contribution in [0.2, 0.25) is 0 Å². The Hall–Kier alpha value is -0.900. The molecule has 2 atom stereocenters. The summed E-state index contributed by atoms with van der Waals surface area (Å²) in [5, 5.41) is 3.87. The Bertz CT molecular complexity index is 286. The molecule has 2 N–H and O–H groups in total. The van der Waals surface area contributed by atoms with Gasteiger partial charge < -0.3 is 10.3 Å². The maximum Gasteiger partial charge on any atom is 0.213 e. The van der Waals surface area contributed by atoms with Crippen LogP contribution in [-0.4, -0.2) is 10.1 Å². The van der Waals surface area contributed by atoms with Gasteiger partial charge in [0.1, 0.15) is 0 Å². The molecule has 1 aliphatic carbocycles. The predicted molar refractivity (Wildman–Crippen MR) is 52.4 cm³/mol. The van der Waals surface area contributed by atoms with Crippen LogP contribution in [0.15, 0.2) is 10.9 Å². The zero-order valence-electron chi connectivity index (χ0n) is 8.57. The van der Waals surface area contributed by atoms with Gasteiger partial charge in [0.25, 0.3) is 0 Å². The van der Waals surface area contributed by atoms with E-state index in [0.717, 1.165) is 31.6 Å². The maximum atomic E-state index is 6.30. The molecule has 1 aromatic rings. The highest BCUT2D eigenvalue weighted by Crippen LogP contribution is 2.33.